The maximum absolute atomic E-state index is 12.9. The van der Waals surface area contributed by atoms with Crippen molar-refractivity contribution in [3.63, 3.8) is 0 Å². The smallest absolute Gasteiger partial charge is 0.463 e. The summed E-state index contributed by atoms with van der Waals surface area (Å²) in [5, 5.41) is 0. The number of hydrogen-bond acceptors (Lipinski definition) is 3. The summed E-state index contributed by atoms with van der Waals surface area (Å²) in [4.78, 5) is 23.0. The van der Waals surface area contributed by atoms with Gasteiger partial charge in [-0.3, -0.25) is 9.59 Å². The largest absolute Gasteiger partial charge is 0.497 e. The molecule has 0 saturated carbocycles. The van der Waals surface area contributed by atoms with E-state index in [-0.39, 0.29) is 10.5 Å². The van der Waals surface area contributed by atoms with E-state index in [1.165, 1.54) is 31.4 Å². The average Bonchev–Trinajstić information content (AvgIpc) is 2.45. The molecule has 122 valence electrons. The minimum Gasteiger partial charge on any atom is -0.497 e. The van der Waals surface area contributed by atoms with Crippen LogP contribution in [0.2, 0.25) is 0 Å². The maximum Gasteiger partial charge on any atom is 0.463 e. The third-order valence-corrected chi connectivity index (χ3v) is 2.76. The second kappa shape index (κ2) is 6.29. The van der Waals surface area contributed by atoms with E-state index in [1.807, 2.05) is 0 Å². The molecule has 0 unspecified atom stereocenters. The molecule has 1 rings (SSSR count). The number of carbonyl (C=O) groups is 2. The Hall–Kier alpha value is -2.19. The first-order chi connectivity index (χ1) is 10.0. The second-order valence-electron chi connectivity index (χ2n) is 4.39. The first-order valence-corrected chi connectivity index (χ1v) is 5.88. The number of likely N-dealkylation sites (N-methyl/N-ethyl adjacent to an activating group) is 1. The fourth-order valence-corrected chi connectivity index (χ4v) is 1.52. The van der Waals surface area contributed by atoms with Crippen molar-refractivity contribution in [1.82, 2.24) is 4.90 Å². The first-order valence-electron chi connectivity index (χ1n) is 5.88. The monoisotopic (exact) mass is 325 g/mol. The highest BCUT2D eigenvalue weighted by atomic mass is 19.4. The normalized spacial score (nSPS) is 12.0. The molecule has 1 amide bonds. The van der Waals surface area contributed by atoms with Crippen LogP contribution >= 0.6 is 0 Å². The zero-order valence-electron chi connectivity index (χ0n) is 11.6. The van der Waals surface area contributed by atoms with Gasteiger partial charge in [0.1, 0.15) is 5.75 Å². The summed E-state index contributed by atoms with van der Waals surface area (Å²) in [7, 11) is 2.09. The summed E-state index contributed by atoms with van der Waals surface area (Å²) < 4.78 is 66.9. The van der Waals surface area contributed by atoms with E-state index in [9.17, 15) is 31.5 Å². The van der Waals surface area contributed by atoms with Gasteiger partial charge in [-0.2, -0.15) is 22.0 Å². The Balaban J connectivity index is 2.81. The number of nitrogens with zero attached hydrogens (tertiary/aromatic N) is 1. The predicted octanol–water partition coefficient (Wildman–Crippen LogP) is 2.53. The molecular weight excluding hydrogens is 313 g/mol. The Morgan fingerprint density at radius 1 is 1.09 bits per heavy atom. The standard InChI is InChI=1S/C13H12F5NO3/c1-19(11(21)12(14,15)13(16,17)18)7-10(20)8-3-5-9(22-2)6-4-8/h3-6H,7H2,1-2H3. The van der Waals surface area contributed by atoms with Crippen molar-refractivity contribution in [3.05, 3.63) is 29.8 Å². The summed E-state index contributed by atoms with van der Waals surface area (Å²) in [6, 6.07) is 5.45. The van der Waals surface area contributed by atoms with E-state index < -0.39 is 30.3 Å². The van der Waals surface area contributed by atoms with Gasteiger partial charge in [-0.1, -0.05) is 0 Å². The third-order valence-electron chi connectivity index (χ3n) is 2.76. The lowest BCUT2D eigenvalue weighted by atomic mass is 10.1. The molecule has 0 spiro atoms. The molecule has 0 N–H and O–H groups in total. The van der Waals surface area contributed by atoms with E-state index in [4.69, 9.17) is 4.74 Å². The topological polar surface area (TPSA) is 46.6 Å². The SMILES string of the molecule is COc1ccc(C(=O)CN(C)C(=O)C(F)(F)C(F)(F)F)cc1. The predicted molar refractivity (Wildman–Crippen MR) is 66.0 cm³/mol. The lowest BCUT2D eigenvalue weighted by molar-refractivity contribution is -0.273. The number of Topliss-reactive ketones (excluding diaryl/α,β-unsaturated/α-hetero) is 1. The minimum atomic E-state index is -6.01. The van der Waals surface area contributed by atoms with Crippen LogP contribution in [0.25, 0.3) is 0 Å². The van der Waals surface area contributed by atoms with Crippen molar-refractivity contribution in [2.75, 3.05) is 20.7 Å². The first kappa shape index (κ1) is 17.9. The Kier molecular flexibility index (Phi) is 5.10. The molecule has 22 heavy (non-hydrogen) atoms. The number of carbonyl (C=O) groups excluding carboxylic acids is 2. The van der Waals surface area contributed by atoms with Crippen LogP contribution in [0.3, 0.4) is 0 Å². The van der Waals surface area contributed by atoms with Gasteiger partial charge in [0.25, 0.3) is 0 Å². The van der Waals surface area contributed by atoms with Crippen LogP contribution in [-0.2, 0) is 4.79 Å². The molecule has 0 radical (unpaired) electrons. The van der Waals surface area contributed by atoms with Gasteiger partial charge in [0.2, 0.25) is 0 Å². The van der Waals surface area contributed by atoms with Gasteiger partial charge in [0.05, 0.1) is 13.7 Å². The highest BCUT2D eigenvalue weighted by Crippen LogP contribution is 2.36. The third kappa shape index (κ3) is 3.71. The van der Waals surface area contributed by atoms with Crippen molar-refractivity contribution < 1.29 is 36.3 Å². The van der Waals surface area contributed by atoms with Gasteiger partial charge in [0.15, 0.2) is 5.78 Å². The number of ketones is 1. The van der Waals surface area contributed by atoms with Crippen LogP contribution in [0.5, 0.6) is 5.75 Å². The van der Waals surface area contributed by atoms with Gasteiger partial charge >= 0.3 is 18.0 Å². The summed E-state index contributed by atoms with van der Waals surface area (Å²) >= 11 is 0. The molecular formula is C13H12F5NO3. The highest BCUT2D eigenvalue weighted by Gasteiger charge is 2.64. The van der Waals surface area contributed by atoms with Crippen LogP contribution in [0, 0.1) is 0 Å². The van der Waals surface area contributed by atoms with Crippen LogP contribution in [-0.4, -0.2) is 49.4 Å². The number of ether oxygens (including phenoxy) is 1. The van der Waals surface area contributed by atoms with Crippen LogP contribution in [0.15, 0.2) is 24.3 Å². The second-order valence-corrected chi connectivity index (χ2v) is 4.39. The molecule has 9 heteroatoms. The Bertz CT molecular complexity index is 554. The zero-order chi connectivity index (χ0) is 17.1. The molecule has 1 aromatic rings. The molecule has 0 aliphatic heterocycles. The Labute approximate surface area is 122 Å². The Morgan fingerprint density at radius 2 is 1.59 bits per heavy atom. The van der Waals surface area contributed by atoms with Gasteiger partial charge in [-0.15, -0.1) is 0 Å². The van der Waals surface area contributed by atoms with Crippen molar-refractivity contribution in [2.24, 2.45) is 0 Å². The number of hydrogen-bond donors (Lipinski definition) is 0. The minimum absolute atomic E-state index is 0.0417. The number of amides is 1. The van der Waals surface area contributed by atoms with Crippen molar-refractivity contribution in [2.45, 2.75) is 12.1 Å². The molecule has 0 aromatic heterocycles. The molecule has 0 saturated heterocycles. The van der Waals surface area contributed by atoms with Crippen LogP contribution < -0.4 is 4.74 Å². The fraction of sp³-hybridized carbons (Fsp3) is 0.385. The highest BCUT2D eigenvalue weighted by molar-refractivity contribution is 6.00. The number of rotatable bonds is 5. The van der Waals surface area contributed by atoms with Gasteiger partial charge < -0.3 is 9.64 Å². The quantitative estimate of drug-likeness (QED) is 0.617. The lowest BCUT2D eigenvalue weighted by Gasteiger charge is -2.24. The van der Waals surface area contributed by atoms with Crippen LogP contribution in [0.1, 0.15) is 10.4 Å². The van der Waals surface area contributed by atoms with Gasteiger partial charge in [-0.05, 0) is 24.3 Å². The molecule has 0 heterocycles. The number of methoxy groups -OCH3 is 1. The summed E-state index contributed by atoms with van der Waals surface area (Å²) in [6.45, 7) is -0.906. The number of halogens is 5. The summed E-state index contributed by atoms with van der Waals surface area (Å²) in [5.41, 5.74) is 0.0516. The summed E-state index contributed by atoms with van der Waals surface area (Å²) in [5.74, 6) is -8.37. The Morgan fingerprint density at radius 3 is 2.00 bits per heavy atom. The zero-order valence-corrected chi connectivity index (χ0v) is 11.6. The summed E-state index contributed by atoms with van der Waals surface area (Å²) in [6.07, 6.45) is -6.01. The van der Waals surface area contributed by atoms with Crippen molar-refractivity contribution in [3.8, 4) is 5.75 Å². The average molecular weight is 325 g/mol. The van der Waals surface area contributed by atoms with E-state index in [1.54, 1.807) is 0 Å². The molecule has 0 bridgehead atoms. The fourth-order valence-electron chi connectivity index (χ4n) is 1.52. The van der Waals surface area contributed by atoms with E-state index in [0.717, 1.165) is 0 Å². The molecule has 4 nitrogen and oxygen atoms in total. The molecule has 1 aromatic carbocycles. The van der Waals surface area contributed by atoms with Gasteiger partial charge in [-0.25, -0.2) is 0 Å². The van der Waals surface area contributed by atoms with E-state index in [0.29, 0.717) is 12.8 Å². The van der Waals surface area contributed by atoms with E-state index in [2.05, 4.69) is 0 Å². The number of benzene rings is 1. The number of alkyl halides is 5. The van der Waals surface area contributed by atoms with Crippen LogP contribution in [0.4, 0.5) is 22.0 Å². The maximum atomic E-state index is 12.9. The van der Waals surface area contributed by atoms with E-state index >= 15 is 0 Å². The van der Waals surface area contributed by atoms with Crippen molar-refractivity contribution >= 4 is 11.7 Å². The molecule has 0 aliphatic carbocycles. The lowest BCUT2D eigenvalue weighted by Crippen LogP contribution is -2.51. The molecule has 0 fully saturated rings. The van der Waals surface area contributed by atoms with Gasteiger partial charge in [0, 0.05) is 12.6 Å². The molecule has 0 atom stereocenters. The molecule has 0 aliphatic rings. The van der Waals surface area contributed by atoms with Crippen molar-refractivity contribution in [1.29, 1.82) is 0 Å².